The van der Waals surface area contributed by atoms with Crippen molar-refractivity contribution in [3.63, 3.8) is 0 Å². The fourth-order valence-corrected chi connectivity index (χ4v) is 3.43. The highest BCUT2D eigenvalue weighted by molar-refractivity contribution is 5.80. The molecule has 1 saturated heterocycles. The van der Waals surface area contributed by atoms with Gasteiger partial charge in [-0.3, -0.25) is 0 Å². The van der Waals surface area contributed by atoms with Gasteiger partial charge < -0.3 is 9.84 Å². The predicted molar refractivity (Wildman–Crippen MR) is 93.9 cm³/mol. The summed E-state index contributed by atoms with van der Waals surface area (Å²) in [5.74, 6) is -1.07. The van der Waals surface area contributed by atoms with Gasteiger partial charge in [0, 0.05) is 6.42 Å². The Bertz CT molecular complexity index is 643. The van der Waals surface area contributed by atoms with Crippen molar-refractivity contribution in [2.24, 2.45) is 5.41 Å². The first-order chi connectivity index (χ1) is 10.9. The lowest BCUT2D eigenvalue weighted by Crippen LogP contribution is -2.23. The van der Waals surface area contributed by atoms with E-state index in [4.69, 9.17) is 4.74 Å². The van der Waals surface area contributed by atoms with Crippen LogP contribution in [-0.2, 0) is 4.74 Å². The molecular formula is C21H24O2. The highest BCUT2D eigenvalue weighted by atomic mass is 16.6. The van der Waals surface area contributed by atoms with Crippen molar-refractivity contribution in [2.45, 2.75) is 39.1 Å². The average molecular weight is 308 g/mol. The zero-order valence-corrected chi connectivity index (χ0v) is 14.0. The highest BCUT2D eigenvalue weighted by Gasteiger charge is 2.46. The molecule has 23 heavy (non-hydrogen) atoms. The molecule has 0 radical (unpaired) electrons. The summed E-state index contributed by atoms with van der Waals surface area (Å²) >= 11 is 0. The molecule has 0 aromatic heterocycles. The average Bonchev–Trinajstić information content (AvgIpc) is 2.73. The minimum Gasteiger partial charge on any atom is -0.366 e. The lowest BCUT2D eigenvalue weighted by Gasteiger charge is -2.23. The molecule has 2 atom stereocenters. The normalized spacial score (nSPS) is 26.0. The van der Waals surface area contributed by atoms with Gasteiger partial charge in [0.1, 0.15) is 0 Å². The van der Waals surface area contributed by atoms with E-state index in [1.54, 1.807) is 6.92 Å². The Morgan fingerprint density at radius 2 is 1.43 bits per heavy atom. The van der Waals surface area contributed by atoms with Crippen LogP contribution in [0, 0.1) is 5.41 Å². The standard InChI is InChI=1S/C21H24O2/c1-20(2)15-21(3,22)23-19(20)14-18(16-10-6-4-7-11-16)17-12-8-5-9-13-17/h4-14,19,22H,15H2,1-3H3. The number of rotatable bonds is 3. The summed E-state index contributed by atoms with van der Waals surface area (Å²) < 4.78 is 5.92. The van der Waals surface area contributed by atoms with Gasteiger partial charge in [-0.2, -0.15) is 0 Å². The van der Waals surface area contributed by atoms with Crippen molar-refractivity contribution in [3.05, 3.63) is 77.9 Å². The fourth-order valence-electron chi connectivity index (χ4n) is 3.43. The van der Waals surface area contributed by atoms with E-state index in [0.29, 0.717) is 6.42 Å². The van der Waals surface area contributed by atoms with Gasteiger partial charge in [0.15, 0.2) is 5.79 Å². The second-order valence-electron chi connectivity index (χ2n) is 7.19. The van der Waals surface area contributed by atoms with Crippen LogP contribution >= 0.6 is 0 Å². The van der Waals surface area contributed by atoms with Gasteiger partial charge >= 0.3 is 0 Å². The lowest BCUT2D eigenvalue weighted by atomic mass is 9.81. The SMILES string of the molecule is CC1(O)CC(C)(C)C(C=C(c2ccccc2)c2ccccc2)O1. The lowest BCUT2D eigenvalue weighted by molar-refractivity contribution is -0.169. The zero-order chi connectivity index (χ0) is 16.5. The van der Waals surface area contributed by atoms with Gasteiger partial charge in [-0.05, 0) is 35.1 Å². The Kier molecular flexibility index (Phi) is 4.13. The third-order valence-corrected chi connectivity index (χ3v) is 4.42. The number of aliphatic hydroxyl groups is 1. The summed E-state index contributed by atoms with van der Waals surface area (Å²) in [6, 6.07) is 20.7. The second-order valence-corrected chi connectivity index (χ2v) is 7.19. The van der Waals surface area contributed by atoms with Crippen molar-refractivity contribution in [3.8, 4) is 0 Å². The molecule has 1 fully saturated rings. The quantitative estimate of drug-likeness (QED) is 0.895. The van der Waals surface area contributed by atoms with E-state index in [-0.39, 0.29) is 11.5 Å². The van der Waals surface area contributed by atoms with Crippen LogP contribution in [-0.4, -0.2) is 17.0 Å². The van der Waals surface area contributed by atoms with Crippen LogP contribution in [0.3, 0.4) is 0 Å². The Hall–Kier alpha value is -1.90. The summed E-state index contributed by atoms with van der Waals surface area (Å²) in [7, 11) is 0. The van der Waals surface area contributed by atoms with Crippen molar-refractivity contribution in [1.82, 2.24) is 0 Å². The smallest absolute Gasteiger partial charge is 0.164 e. The maximum Gasteiger partial charge on any atom is 0.164 e. The Morgan fingerprint density at radius 1 is 0.957 bits per heavy atom. The van der Waals surface area contributed by atoms with Crippen LogP contribution in [0.1, 0.15) is 38.3 Å². The van der Waals surface area contributed by atoms with E-state index in [2.05, 4.69) is 44.2 Å². The van der Waals surface area contributed by atoms with Gasteiger partial charge in [-0.1, -0.05) is 74.5 Å². The van der Waals surface area contributed by atoms with Gasteiger partial charge in [0.2, 0.25) is 0 Å². The molecule has 0 bridgehead atoms. The molecule has 3 rings (SSSR count). The molecule has 120 valence electrons. The Balaban J connectivity index is 2.06. The summed E-state index contributed by atoms with van der Waals surface area (Å²) in [6.45, 7) is 6.03. The molecule has 2 aromatic rings. The molecule has 1 heterocycles. The monoisotopic (exact) mass is 308 g/mol. The van der Waals surface area contributed by atoms with Gasteiger partial charge in [-0.15, -0.1) is 0 Å². The van der Waals surface area contributed by atoms with Crippen molar-refractivity contribution >= 4 is 5.57 Å². The predicted octanol–water partition coefficient (Wildman–Crippen LogP) is 4.64. The summed E-state index contributed by atoms with van der Waals surface area (Å²) in [5.41, 5.74) is 3.34. The fraction of sp³-hybridized carbons (Fsp3) is 0.333. The van der Waals surface area contributed by atoms with Crippen LogP contribution in [0.25, 0.3) is 5.57 Å². The van der Waals surface area contributed by atoms with Crippen LogP contribution in [0.4, 0.5) is 0 Å². The number of hydrogen-bond acceptors (Lipinski definition) is 2. The molecule has 0 spiro atoms. The zero-order valence-electron chi connectivity index (χ0n) is 14.0. The van der Waals surface area contributed by atoms with E-state index >= 15 is 0 Å². The van der Waals surface area contributed by atoms with Crippen LogP contribution < -0.4 is 0 Å². The van der Waals surface area contributed by atoms with Crippen molar-refractivity contribution in [2.75, 3.05) is 0 Å². The maximum atomic E-state index is 10.3. The Morgan fingerprint density at radius 3 is 1.83 bits per heavy atom. The van der Waals surface area contributed by atoms with Crippen LogP contribution in [0.5, 0.6) is 0 Å². The van der Waals surface area contributed by atoms with E-state index < -0.39 is 5.79 Å². The largest absolute Gasteiger partial charge is 0.366 e. The van der Waals surface area contributed by atoms with Crippen LogP contribution in [0.15, 0.2) is 66.7 Å². The third kappa shape index (κ3) is 3.54. The van der Waals surface area contributed by atoms with Gasteiger partial charge in [0.25, 0.3) is 0 Å². The summed E-state index contributed by atoms with van der Waals surface area (Å²) in [4.78, 5) is 0. The van der Waals surface area contributed by atoms with Gasteiger partial charge in [-0.25, -0.2) is 0 Å². The summed E-state index contributed by atoms with van der Waals surface area (Å²) in [6.07, 6.45) is 2.65. The first kappa shape index (κ1) is 16.0. The second kappa shape index (κ2) is 5.95. The summed E-state index contributed by atoms with van der Waals surface area (Å²) in [5, 5.41) is 10.3. The van der Waals surface area contributed by atoms with E-state index in [1.165, 1.54) is 0 Å². The minimum atomic E-state index is -1.07. The van der Waals surface area contributed by atoms with E-state index in [9.17, 15) is 5.11 Å². The molecule has 2 nitrogen and oxygen atoms in total. The van der Waals surface area contributed by atoms with E-state index in [1.807, 2.05) is 36.4 Å². The molecule has 1 N–H and O–H groups in total. The first-order valence-electron chi connectivity index (χ1n) is 8.10. The third-order valence-electron chi connectivity index (χ3n) is 4.42. The van der Waals surface area contributed by atoms with Crippen molar-refractivity contribution in [1.29, 1.82) is 0 Å². The Labute approximate surface area is 138 Å². The molecule has 2 unspecified atom stereocenters. The molecule has 2 heteroatoms. The number of ether oxygens (including phenoxy) is 1. The van der Waals surface area contributed by atoms with E-state index in [0.717, 1.165) is 16.7 Å². The van der Waals surface area contributed by atoms with Crippen LogP contribution in [0.2, 0.25) is 0 Å². The first-order valence-corrected chi connectivity index (χ1v) is 8.10. The number of hydrogen-bond donors (Lipinski definition) is 1. The number of benzene rings is 2. The molecule has 2 aromatic carbocycles. The topological polar surface area (TPSA) is 29.5 Å². The molecule has 1 aliphatic rings. The molecule has 1 aliphatic heterocycles. The van der Waals surface area contributed by atoms with Crippen molar-refractivity contribution < 1.29 is 9.84 Å². The minimum absolute atomic E-state index is 0.113. The molecule has 0 saturated carbocycles. The highest BCUT2D eigenvalue weighted by Crippen LogP contribution is 2.44. The molecule has 0 amide bonds. The maximum absolute atomic E-state index is 10.3. The molecular weight excluding hydrogens is 284 g/mol. The molecule has 0 aliphatic carbocycles. The van der Waals surface area contributed by atoms with Gasteiger partial charge in [0.05, 0.1) is 6.10 Å².